The number of aliphatic imine (C=N–C) groups is 1. The molecule has 2 bridgehead atoms. The summed E-state index contributed by atoms with van der Waals surface area (Å²) in [5, 5.41) is 18.3. The van der Waals surface area contributed by atoms with E-state index in [1.165, 1.54) is 18.4 Å². The van der Waals surface area contributed by atoms with Crippen LogP contribution in [0, 0.1) is 0 Å². The largest absolute Gasteiger partial charge is 0.390 e. The molecule has 3 aliphatic heterocycles. The lowest BCUT2D eigenvalue weighted by molar-refractivity contribution is 0.0864. The molecule has 3 atom stereocenters. The Labute approximate surface area is 223 Å². The van der Waals surface area contributed by atoms with Crippen LogP contribution in [0.4, 0.5) is 5.82 Å². The third-order valence-corrected chi connectivity index (χ3v) is 7.72. The van der Waals surface area contributed by atoms with E-state index in [1.54, 1.807) is 0 Å². The van der Waals surface area contributed by atoms with E-state index in [9.17, 15) is 0 Å². The highest BCUT2D eigenvalue weighted by molar-refractivity contribution is 5.93. The van der Waals surface area contributed by atoms with Gasteiger partial charge in [0.25, 0.3) is 0 Å². The van der Waals surface area contributed by atoms with E-state index in [0.717, 1.165) is 49.7 Å². The van der Waals surface area contributed by atoms with Gasteiger partial charge in [-0.15, -0.1) is 0 Å². The molecule has 1 aromatic heterocycles. The first-order valence-corrected chi connectivity index (χ1v) is 13.5. The van der Waals surface area contributed by atoms with E-state index in [0.29, 0.717) is 42.0 Å². The van der Waals surface area contributed by atoms with Crippen LogP contribution in [-0.2, 0) is 11.4 Å². The van der Waals surface area contributed by atoms with Gasteiger partial charge in [0.1, 0.15) is 17.8 Å². The first-order chi connectivity index (χ1) is 18.5. The number of likely N-dealkylation sites (tertiary alicyclic amines) is 2. The van der Waals surface area contributed by atoms with Gasteiger partial charge < -0.3 is 26.1 Å². The second-order valence-corrected chi connectivity index (χ2v) is 10.9. The highest BCUT2D eigenvalue weighted by Gasteiger charge is 2.44. The molecule has 1 aromatic carbocycles. The number of amidine groups is 1. The molecule has 200 valence electrons. The van der Waals surface area contributed by atoms with Crippen molar-refractivity contribution < 1.29 is 4.84 Å². The summed E-state index contributed by atoms with van der Waals surface area (Å²) in [4.78, 5) is 15.0. The van der Waals surface area contributed by atoms with E-state index < -0.39 is 0 Å². The molecule has 1 unspecified atom stereocenters. The van der Waals surface area contributed by atoms with Crippen molar-refractivity contribution in [1.29, 1.82) is 0 Å². The Balaban J connectivity index is 1.14. The number of nitrogens with one attached hydrogen (secondary N) is 3. The van der Waals surface area contributed by atoms with Gasteiger partial charge in [-0.1, -0.05) is 42.1 Å². The number of piperazine rings is 1. The van der Waals surface area contributed by atoms with Crippen molar-refractivity contribution in [3.63, 3.8) is 0 Å². The summed E-state index contributed by atoms with van der Waals surface area (Å²) in [6, 6.07) is 13.6. The van der Waals surface area contributed by atoms with Gasteiger partial charge >= 0.3 is 0 Å². The topological polar surface area (TPSA) is 119 Å². The maximum Gasteiger partial charge on any atom is 0.175 e. The number of oxime groups is 1. The molecule has 1 aliphatic carbocycles. The van der Waals surface area contributed by atoms with Crippen molar-refractivity contribution in [3.05, 3.63) is 72.0 Å². The molecule has 1 saturated carbocycles. The Hall–Kier alpha value is -3.79. The second kappa shape index (κ2) is 10.5. The van der Waals surface area contributed by atoms with Crippen LogP contribution in [0.15, 0.2) is 70.8 Å². The number of H-pyrrole nitrogens is 1. The lowest BCUT2D eigenvalue weighted by atomic mass is 10.2. The van der Waals surface area contributed by atoms with Crippen LogP contribution in [0.2, 0.25) is 0 Å². The fourth-order valence-corrected chi connectivity index (χ4v) is 5.65. The summed E-state index contributed by atoms with van der Waals surface area (Å²) in [5.41, 5.74) is 9.93. The fourth-order valence-electron chi connectivity index (χ4n) is 5.65. The third kappa shape index (κ3) is 5.70. The Bertz CT molecular complexity index is 1250. The predicted molar refractivity (Wildman–Crippen MR) is 149 cm³/mol. The zero-order valence-electron chi connectivity index (χ0n) is 21.9. The van der Waals surface area contributed by atoms with Crippen LogP contribution in [0.3, 0.4) is 0 Å². The molecular formula is C28H37N9O. The molecule has 0 amide bonds. The van der Waals surface area contributed by atoms with E-state index in [4.69, 9.17) is 10.6 Å². The molecule has 4 aliphatic rings. The van der Waals surface area contributed by atoms with Crippen molar-refractivity contribution in [1.82, 2.24) is 30.6 Å². The lowest BCUT2D eigenvalue weighted by Gasteiger charge is -2.37. The summed E-state index contributed by atoms with van der Waals surface area (Å²) in [6.45, 7) is 9.71. The molecule has 6 rings (SSSR count). The molecular weight excluding hydrogens is 478 g/mol. The molecule has 2 saturated heterocycles. The van der Waals surface area contributed by atoms with Gasteiger partial charge in [-0.05, 0) is 31.7 Å². The number of hydrogen-bond acceptors (Lipinski definition) is 8. The Morgan fingerprint density at radius 2 is 2.11 bits per heavy atom. The summed E-state index contributed by atoms with van der Waals surface area (Å²) < 4.78 is 0. The highest BCUT2D eigenvalue weighted by Crippen LogP contribution is 2.39. The normalized spacial score (nSPS) is 25.4. The zero-order valence-corrected chi connectivity index (χ0v) is 21.9. The van der Waals surface area contributed by atoms with Crippen LogP contribution in [0.25, 0.3) is 0 Å². The van der Waals surface area contributed by atoms with Crippen LogP contribution >= 0.6 is 0 Å². The lowest BCUT2D eigenvalue weighted by Crippen LogP contribution is -2.48. The van der Waals surface area contributed by atoms with Crippen molar-refractivity contribution in [2.75, 3.05) is 19.6 Å². The van der Waals surface area contributed by atoms with Crippen LogP contribution in [0.1, 0.15) is 49.8 Å². The first kappa shape index (κ1) is 24.5. The van der Waals surface area contributed by atoms with E-state index in [2.05, 4.69) is 77.7 Å². The van der Waals surface area contributed by atoms with Gasteiger partial charge in [0.2, 0.25) is 0 Å². The quantitative estimate of drug-likeness (QED) is 0.268. The summed E-state index contributed by atoms with van der Waals surface area (Å²) >= 11 is 0. The van der Waals surface area contributed by atoms with Crippen LogP contribution < -0.4 is 16.4 Å². The van der Waals surface area contributed by atoms with E-state index >= 15 is 0 Å². The highest BCUT2D eigenvalue weighted by atomic mass is 16.6. The smallest absolute Gasteiger partial charge is 0.175 e. The van der Waals surface area contributed by atoms with Gasteiger partial charge in [-0.2, -0.15) is 5.10 Å². The SMILES string of the molecule is C=C(NCC1CC(C)=NO1)NC(=CC(N)=Nc1cc(C2CC2)[nH]n1)N1C[C@H]2C[C@@H]1CN2Cc1ccccc1. The van der Waals surface area contributed by atoms with Crippen molar-refractivity contribution in [3.8, 4) is 0 Å². The number of nitrogens with zero attached hydrogens (tertiary/aromatic N) is 5. The minimum absolute atomic E-state index is 0.0160. The number of aromatic nitrogens is 2. The molecule has 0 spiro atoms. The first-order valence-electron chi connectivity index (χ1n) is 13.5. The number of fused-ring (bicyclic) bond motifs is 2. The summed E-state index contributed by atoms with van der Waals surface area (Å²) in [5.74, 6) is 3.20. The number of rotatable bonds is 11. The number of benzene rings is 1. The molecule has 5 N–H and O–H groups in total. The Kier molecular flexibility index (Phi) is 6.80. The Morgan fingerprint density at radius 1 is 1.26 bits per heavy atom. The van der Waals surface area contributed by atoms with Crippen molar-refractivity contribution >= 4 is 17.4 Å². The molecule has 38 heavy (non-hydrogen) atoms. The number of hydrogen-bond donors (Lipinski definition) is 4. The zero-order chi connectivity index (χ0) is 26.1. The Morgan fingerprint density at radius 3 is 2.82 bits per heavy atom. The molecule has 4 heterocycles. The molecule has 10 nitrogen and oxygen atoms in total. The van der Waals surface area contributed by atoms with Gasteiger partial charge in [0.15, 0.2) is 5.82 Å². The van der Waals surface area contributed by atoms with Crippen molar-refractivity contribution in [2.24, 2.45) is 15.9 Å². The molecule has 2 aromatic rings. The maximum absolute atomic E-state index is 6.42. The van der Waals surface area contributed by atoms with Gasteiger partial charge in [-0.25, -0.2) is 4.99 Å². The standard InChI is InChI=1S/C28H37N9O/c1-18-10-24(38-35-18)14-30-19(2)31-28(13-26(29)32-27-12-25(33-34-27)21-8-9-21)37-17-22-11-23(37)16-36(22)15-20-6-4-3-5-7-20/h3-7,12-13,21-24,30-31H,2,8-11,14-17H2,1H3,(H3,29,32,33,34)/t22-,23-,24?/m1/s1. The van der Waals surface area contributed by atoms with Crippen molar-refractivity contribution in [2.45, 2.75) is 63.3 Å². The maximum atomic E-state index is 6.42. The number of aromatic amines is 1. The van der Waals surface area contributed by atoms with Gasteiger partial charge in [0.05, 0.1) is 18.1 Å². The fraction of sp³-hybridized carbons (Fsp3) is 0.464. The minimum Gasteiger partial charge on any atom is -0.390 e. The molecule has 0 radical (unpaired) electrons. The summed E-state index contributed by atoms with van der Waals surface area (Å²) in [6.07, 6.45) is 6.28. The van der Waals surface area contributed by atoms with Gasteiger partial charge in [-0.3, -0.25) is 10.00 Å². The third-order valence-electron chi connectivity index (χ3n) is 7.72. The predicted octanol–water partition coefficient (Wildman–Crippen LogP) is 2.89. The van der Waals surface area contributed by atoms with E-state index in [-0.39, 0.29) is 6.10 Å². The second-order valence-electron chi connectivity index (χ2n) is 10.9. The van der Waals surface area contributed by atoms with Gasteiger partial charge in [0, 0.05) is 61.9 Å². The van der Waals surface area contributed by atoms with E-state index in [1.807, 2.05) is 19.1 Å². The van der Waals surface area contributed by atoms with Crippen LogP contribution in [0.5, 0.6) is 0 Å². The monoisotopic (exact) mass is 515 g/mol. The molecule has 10 heteroatoms. The molecule has 3 fully saturated rings. The minimum atomic E-state index is 0.0160. The average molecular weight is 516 g/mol. The average Bonchev–Trinajstić information content (AvgIpc) is 3.22. The summed E-state index contributed by atoms with van der Waals surface area (Å²) in [7, 11) is 0. The number of nitrogens with two attached hydrogens (primary N) is 1. The van der Waals surface area contributed by atoms with Crippen LogP contribution in [-0.4, -0.2) is 69.4 Å².